The van der Waals surface area contributed by atoms with Crippen molar-refractivity contribution in [1.29, 1.82) is 0 Å². The second-order valence-corrected chi connectivity index (χ2v) is 11.0. The maximum absolute atomic E-state index is 15.4. The zero-order valence-electron chi connectivity index (χ0n) is 22.6. The molecule has 4 aliphatic heterocycles. The quantitative estimate of drug-likeness (QED) is 0.510. The number of ether oxygens (including phenoxy) is 2. The fraction of sp³-hybridized carbons (Fsp3) is 0.483. The van der Waals surface area contributed by atoms with Crippen LogP contribution < -0.4 is 14.4 Å². The number of carbonyl (C=O) groups is 2. The number of piperazine rings is 2. The van der Waals surface area contributed by atoms with E-state index in [0.717, 1.165) is 25.9 Å². The summed E-state index contributed by atoms with van der Waals surface area (Å²) in [7, 11) is 0. The Labute approximate surface area is 238 Å². The van der Waals surface area contributed by atoms with Gasteiger partial charge in [0, 0.05) is 45.3 Å². The maximum atomic E-state index is 15.4. The molecule has 2 atom stereocenters. The number of amides is 2. The minimum absolute atomic E-state index is 0.0662. The minimum atomic E-state index is -0.525. The third kappa shape index (κ3) is 4.56. The van der Waals surface area contributed by atoms with E-state index in [2.05, 4.69) is 16.4 Å². The predicted octanol–water partition coefficient (Wildman–Crippen LogP) is 3.46. The van der Waals surface area contributed by atoms with E-state index < -0.39 is 5.82 Å². The van der Waals surface area contributed by atoms with Gasteiger partial charge in [-0.3, -0.25) is 14.5 Å². The van der Waals surface area contributed by atoms with E-state index in [1.54, 1.807) is 21.9 Å². The van der Waals surface area contributed by atoms with Crippen molar-refractivity contribution < 1.29 is 23.5 Å². The van der Waals surface area contributed by atoms with Gasteiger partial charge in [-0.1, -0.05) is 24.2 Å². The van der Waals surface area contributed by atoms with Crippen LogP contribution in [-0.4, -0.2) is 103 Å². The van der Waals surface area contributed by atoms with Gasteiger partial charge in [-0.15, -0.1) is 0 Å². The molecule has 3 saturated heterocycles. The first-order chi connectivity index (χ1) is 19.4. The van der Waals surface area contributed by atoms with Crippen LogP contribution in [0.1, 0.15) is 30.1 Å². The van der Waals surface area contributed by atoms with Crippen LogP contribution in [0.4, 0.5) is 10.2 Å². The third-order valence-corrected chi connectivity index (χ3v) is 8.69. The van der Waals surface area contributed by atoms with Gasteiger partial charge in [-0.2, -0.15) is 0 Å². The first-order valence-corrected chi connectivity index (χ1v) is 14.3. The van der Waals surface area contributed by atoms with E-state index in [1.807, 2.05) is 6.92 Å². The highest BCUT2D eigenvalue weighted by molar-refractivity contribution is 6.35. The summed E-state index contributed by atoms with van der Waals surface area (Å²) in [6.45, 7) is 10.2. The summed E-state index contributed by atoms with van der Waals surface area (Å²) in [6, 6.07) is 4.59. The van der Waals surface area contributed by atoms with Crippen LogP contribution in [0.3, 0.4) is 0 Å². The molecule has 11 heteroatoms. The number of pyridine rings is 1. The van der Waals surface area contributed by atoms with Gasteiger partial charge in [0.25, 0.3) is 5.91 Å². The summed E-state index contributed by atoms with van der Waals surface area (Å²) >= 11 is 6.96. The van der Waals surface area contributed by atoms with Crippen LogP contribution in [0.5, 0.6) is 11.5 Å². The van der Waals surface area contributed by atoms with E-state index in [4.69, 9.17) is 26.1 Å². The molecule has 5 heterocycles. The van der Waals surface area contributed by atoms with Gasteiger partial charge < -0.3 is 24.2 Å². The number of aromatic nitrogens is 1. The van der Waals surface area contributed by atoms with Gasteiger partial charge in [0.15, 0.2) is 5.75 Å². The molecule has 6 rings (SSSR count). The first kappa shape index (κ1) is 26.8. The van der Waals surface area contributed by atoms with Crippen molar-refractivity contribution in [3.63, 3.8) is 0 Å². The Hall–Kier alpha value is -3.37. The SMILES string of the molecule is C=CC(=O)N1CCN2C(=O)c3c(N4CCN5CCC[C@H]5C4)nc(-c4c(F)cccc4OCC)c(Cl)c3OC[C@H]2C1. The average molecular weight is 570 g/mol. The Morgan fingerprint density at radius 1 is 1.20 bits per heavy atom. The first-order valence-electron chi connectivity index (χ1n) is 13.9. The van der Waals surface area contributed by atoms with Crippen molar-refractivity contribution in [3.8, 4) is 22.8 Å². The highest BCUT2D eigenvalue weighted by Gasteiger charge is 2.42. The van der Waals surface area contributed by atoms with E-state index in [1.165, 1.54) is 12.1 Å². The van der Waals surface area contributed by atoms with Gasteiger partial charge in [-0.25, -0.2) is 9.37 Å². The van der Waals surface area contributed by atoms with Crippen LogP contribution in [0.15, 0.2) is 30.9 Å². The fourth-order valence-corrected chi connectivity index (χ4v) is 6.65. The Morgan fingerprint density at radius 2 is 2.05 bits per heavy atom. The molecule has 3 fully saturated rings. The Morgan fingerprint density at radius 3 is 2.85 bits per heavy atom. The highest BCUT2D eigenvalue weighted by Crippen LogP contribution is 2.46. The molecule has 0 saturated carbocycles. The molecule has 0 bridgehead atoms. The second kappa shape index (κ2) is 10.9. The lowest BCUT2D eigenvalue weighted by molar-refractivity contribution is -0.128. The zero-order chi connectivity index (χ0) is 28.0. The van der Waals surface area contributed by atoms with Crippen molar-refractivity contribution >= 4 is 29.2 Å². The standard InChI is InChI=1S/C29H33ClFN5O4/c1-3-22(37)34-13-14-36-19(16-34)17-40-27-24(29(36)38)28(35-12-11-33-10-6-7-18(33)15-35)32-26(25(27)30)23-20(31)8-5-9-21(23)39-4-2/h3,5,8-9,18-19H,1,4,6-7,10-17H2,2H3/t18-,19+/m0/s1. The van der Waals surface area contributed by atoms with E-state index in [-0.39, 0.29) is 46.5 Å². The summed E-state index contributed by atoms with van der Waals surface area (Å²) in [5.41, 5.74) is 0.612. The molecule has 1 aromatic heterocycles. The molecule has 2 amide bonds. The number of carbonyl (C=O) groups excluding carboxylic acids is 2. The molecule has 0 aliphatic carbocycles. The van der Waals surface area contributed by atoms with Crippen LogP contribution in [0.2, 0.25) is 5.02 Å². The number of fused-ring (bicyclic) bond motifs is 3. The topological polar surface area (TPSA) is 78.5 Å². The molecule has 40 heavy (non-hydrogen) atoms. The van der Waals surface area contributed by atoms with Gasteiger partial charge in [0.2, 0.25) is 5.91 Å². The van der Waals surface area contributed by atoms with E-state index in [0.29, 0.717) is 62.5 Å². The number of benzene rings is 1. The van der Waals surface area contributed by atoms with Crippen molar-refractivity contribution in [2.45, 2.75) is 31.8 Å². The third-order valence-electron chi connectivity index (χ3n) is 8.34. The van der Waals surface area contributed by atoms with E-state index in [9.17, 15) is 9.59 Å². The number of nitrogens with zero attached hydrogens (tertiary/aromatic N) is 5. The number of rotatable bonds is 5. The number of hydrogen-bond acceptors (Lipinski definition) is 7. The number of anilines is 1. The van der Waals surface area contributed by atoms with Gasteiger partial charge >= 0.3 is 0 Å². The lowest BCUT2D eigenvalue weighted by Crippen LogP contribution is -2.57. The van der Waals surface area contributed by atoms with Gasteiger partial charge in [0.05, 0.1) is 18.2 Å². The Balaban J connectivity index is 1.49. The van der Waals surface area contributed by atoms with Crippen molar-refractivity contribution in [3.05, 3.63) is 47.3 Å². The Kier molecular flexibility index (Phi) is 7.31. The van der Waals surface area contributed by atoms with Crippen molar-refractivity contribution in [1.82, 2.24) is 19.7 Å². The fourth-order valence-electron chi connectivity index (χ4n) is 6.36. The van der Waals surface area contributed by atoms with Crippen molar-refractivity contribution in [2.24, 2.45) is 0 Å². The molecule has 9 nitrogen and oxygen atoms in total. The average Bonchev–Trinajstić information content (AvgIpc) is 3.38. The normalized spacial score (nSPS) is 22.7. The summed E-state index contributed by atoms with van der Waals surface area (Å²) < 4.78 is 27.5. The molecular weight excluding hydrogens is 537 g/mol. The lowest BCUT2D eigenvalue weighted by Gasteiger charge is -2.40. The van der Waals surface area contributed by atoms with Crippen LogP contribution in [-0.2, 0) is 4.79 Å². The maximum Gasteiger partial charge on any atom is 0.261 e. The van der Waals surface area contributed by atoms with E-state index >= 15 is 4.39 Å². The molecular formula is C29H33ClFN5O4. The summed E-state index contributed by atoms with van der Waals surface area (Å²) in [4.78, 5) is 39.5. The minimum Gasteiger partial charge on any atom is -0.493 e. The predicted molar refractivity (Wildman–Crippen MR) is 150 cm³/mol. The smallest absolute Gasteiger partial charge is 0.261 e. The highest BCUT2D eigenvalue weighted by atomic mass is 35.5. The molecule has 1 aromatic carbocycles. The monoisotopic (exact) mass is 569 g/mol. The molecule has 0 radical (unpaired) electrons. The van der Waals surface area contributed by atoms with Gasteiger partial charge in [0.1, 0.15) is 40.3 Å². The van der Waals surface area contributed by atoms with Crippen LogP contribution in [0, 0.1) is 5.82 Å². The molecule has 0 N–H and O–H groups in total. The molecule has 0 spiro atoms. The van der Waals surface area contributed by atoms with Crippen molar-refractivity contribution in [2.75, 3.05) is 63.9 Å². The molecule has 0 unspecified atom stereocenters. The summed E-state index contributed by atoms with van der Waals surface area (Å²) in [5.74, 6) is 0.00632. The van der Waals surface area contributed by atoms with Crippen LogP contribution in [0.25, 0.3) is 11.3 Å². The summed E-state index contributed by atoms with van der Waals surface area (Å²) in [6.07, 6.45) is 3.50. The number of halogens is 2. The van der Waals surface area contributed by atoms with Gasteiger partial charge in [-0.05, 0) is 44.5 Å². The molecule has 212 valence electrons. The Bertz CT molecular complexity index is 1360. The molecule has 4 aliphatic rings. The second-order valence-electron chi connectivity index (χ2n) is 10.6. The number of hydrogen-bond donors (Lipinski definition) is 0. The summed E-state index contributed by atoms with van der Waals surface area (Å²) in [5, 5.41) is 0.0662. The van der Waals surface area contributed by atoms with Crippen LogP contribution >= 0.6 is 11.6 Å². The molecule has 2 aromatic rings. The lowest BCUT2D eigenvalue weighted by atomic mass is 10.0. The zero-order valence-corrected chi connectivity index (χ0v) is 23.3. The largest absolute Gasteiger partial charge is 0.493 e.